The standard InChI is InChI=1S/C19H18ClNO5S/c1-3-12-21-27(24,25)17-10-6-15(7-11-17)19(23)26-13(2)18(22)14-4-8-16(20)9-5-14/h3-11,13,21H,1,12H2,2H3/t13-/m1/s1. The molecule has 0 spiro atoms. The second-order valence-electron chi connectivity index (χ2n) is 5.58. The highest BCUT2D eigenvalue weighted by Crippen LogP contribution is 2.15. The molecule has 8 heteroatoms. The highest BCUT2D eigenvalue weighted by atomic mass is 35.5. The molecule has 1 N–H and O–H groups in total. The van der Waals surface area contributed by atoms with E-state index in [0.29, 0.717) is 10.6 Å². The summed E-state index contributed by atoms with van der Waals surface area (Å²) in [4.78, 5) is 24.5. The van der Waals surface area contributed by atoms with Gasteiger partial charge in [-0.25, -0.2) is 17.9 Å². The number of benzene rings is 2. The van der Waals surface area contributed by atoms with Gasteiger partial charge >= 0.3 is 5.97 Å². The molecule has 0 heterocycles. The number of esters is 1. The van der Waals surface area contributed by atoms with Crippen LogP contribution in [0.2, 0.25) is 5.02 Å². The van der Waals surface area contributed by atoms with Gasteiger partial charge in [0.2, 0.25) is 15.8 Å². The van der Waals surface area contributed by atoms with E-state index in [1.807, 2.05) is 0 Å². The summed E-state index contributed by atoms with van der Waals surface area (Å²) in [5, 5.41) is 0.494. The third-order valence-corrected chi connectivity index (χ3v) is 5.29. The van der Waals surface area contributed by atoms with Crippen LogP contribution in [0.15, 0.2) is 66.1 Å². The van der Waals surface area contributed by atoms with Crippen LogP contribution in [0.5, 0.6) is 0 Å². The van der Waals surface area contributed by atoms with Crippen LogP contribution in [0.1, 0.15) is 27.6 Å². The fourth-order valence-electron chi connectivity index (χ4n) is 2.15. The summed E-state index contributed by atoms with van der Waals surface area (Å²) in [5.74, 6) is -1.10. The maximum absolute atomic E-state index is 12.3. The molecule has 0 aliphatic heterocycles. The molecule has 27 heavy (non-hydrogen) atoms. The van der Waals surface area contributed by atoms with Gasteiger partial charge in [0.25, 0.3) is 0 Å². The SMILES string of the molecule is C=CCNS(=O)(=O)c1ccc(C(=O)O[C@H](C)C(=O)c2ccc(Cl)cc2)cc1. The summed E-state index contributed by atoms with van der Waals surface area (Å²) in [6.07, 6.45) is 0.416. The zero-order valence-corrected chi connectivity index (χ0v) is 16.1. The first-order chi connectivity index (χ1) is 12.7. The second kappa shape index (κ2) is 8.94. The summed E-state index contributed by atoms with van der Waals surface area (Å²) in [7, 11) is -3.68. The van der Waals surface area contributed by atoms with Crippen molar-refractivity contribution in [2.24, 2.45) is 0 Å². The number of hydrogen-bond donors (Lipinski definition) is 1. The third kappa shape index (κ3) is 5.50. The minimum absolute atomic E-state index is 0.00573. The molecule has 0 fully saturated rings. The number of carbonyl (C=O) groups excluding carboxylic acids is 2. The van der Waals surface area contributed by atoms with E-state index in [1.165, 1.54) is 37.3 Å². The molecule has 0 radical (unpaired) electrons. The van der Waals surface area contributed by atoms with E-state index in [2.05, 4.69) is 11.3 Å². The molecule has 0 unspecified atom stereocenters. The van der Waals surface area contributed by atoms with Gasteiger partial charge in [0.15, 0.2) is 6.10 Å². The lowest BCUT2D eigenvalue weighted by molar-refractivity contribution is 0.0318. The van der Waals surface area contributed by atoms with Crippen LogP contribution in [0.25, 0.3) is 0 Å². The van der Waals surface area contributed by atoms with Crippen molar-refractivity contribution in [3.63, 3.8) is 0 Å². The van der Waals surface area contributed by atoms with E-state index >= 15 is 0 Å². The van der Waals surface area contributed by atoms with Crippen molar-refractivity contribution < 1.29 is 22.7 Å². The molecule has 0 aliphatic rings. The maximum Gasteiger partial charge on any atom is 0.338 e. The quantitative estimate of drug-likeness (QED) is 0.412. The molecule has 0 saturated carbocycles. The van der Waals surface area contributed by atoms with Crippen molar-refractivity contribution in [1.82, 2.24) is 4.72 Å². The minimum atomic E-state index is -3.68. The van der Waals surface area contributed by atoms with Gasteiger partial charge in [-0.2, -0.15) is 0 Å². The number of halogens is 1. The van der Waals surface area contributed by atoms with Crippen molar-refractivity contribution in [3.8, 4) is 0 Å². The van der Waals surface area contributed by atoms with Gasteiger partial charge in [0.1, 0.15) is 0 Å². The van der Waals surface area contributed by atoms with Crippen molar-refractivity contribution >= 4 is 33.4 Å². The number of rotatable bonds is 8. The predicted molar refractivity (Wildman–Crippen MR) is 102 cm³/mol. The van der Waals surface area contributed by atoms with Gasteiger partial charge in [-0.15, -0.1) is 6.58 Å². The van der Waals surface area contributed by atoms with E-state index in [4.69, 9.17) is 16.3 Å². The normalized spacial score (nSPS) is 12.2. The zero-order chi connectivity index (χ0) is 20.0. The topological polar surface area (TPSA) is 89.5 Å². The Morgan fingerprint density at radius 2 is 1.67 bits per heavy atom. The van der Waals surface area contributed by atoms with Crippen molar-refractivity contribution in [2.45, 2.75) is 17.9 Å². The lowest BCUT2D eigenvalue weighted by Crippen LogP contribution is -2.25. The van der Waals surface area contributed by atoms with Crippen LogP contribution in [-0.2, 0) is 14.8 Å². The van der Waals surface area contributed by atoms with Gasteiger partial charge in [0, 0.05) is 17.1 Å². The van der Waals surface area contributed by atoms with Gasteiger partial charge in [-0.1, -0.05) is 17.7 Å². The first-order valence-corrected chi connectivity index (χ1v) is 9.82. The Kier molecular flexibility index (Phi) is 6.90. The summed E-state index contributed by atoms with van der Waals surface area (Å²) in [6, 6.07) is 11.5. The molecule has 2 rings (SSSR count). The lowest BCUT2D eigenvalue weighted by atomic mass is 10.1. The number of hydrogen-bond acceptors (Lipinski definition) is 5. The van der Waals surface area contributed by atoms with Crippen molar-refractivity contribution in [3.05, 3.63) is 77.3 Å². The largest absolute Gasteiger partial charge is 0.451 e. The lowest BCUT2D eigenvalue weighted by Gasteiger charge is -2.13. The van der Waals surface area contributed by atoms with Crippen LogP contribution < -0.4 is 4.72 Å². The summed E-state index contributed by atoms with van der Waals surface area (Å²) in [5.41, 5.74) is 0.503. The molecule has 0 bridgehead atoms. The highest BCUT2D eigenvalue weighted by Gasteiger charge is 2.21. The Bertz CT molecular complexity index is 937. The number of Topliss-reactive ketones (excluding diaryl/α,β-unsaturated/α-hetero) is 1. The van der Waals surface area contributed by atoms with E-state index in [9.17, 15) is 18.0 Å². The molecule has 6 nitrogen and oxygen atoms in total. The fourth-order valence-corrected chi connectivity index (χ4v) is 3.28. The molecule has 0 amide bonds. The zero-order valence-electron chi connectivity index (χ0n) is 14.5. The van der Waals surface area contributed by atoms with Crippen molar-refractivity contribution in [1.29, 1.82) is 0 Å². The molecular weight excluding hydrogens is 390 g/mol. The Labute approximate surface area is 162 Å². The summed E-state index contributed by atoms with van der Waals surface area (Å²) < 4.78 is 31.5. The molecule has 0 aliphatic carbocycles. The second-order valence-corrected chi connectivity index (χ2v) is 7.79. The first kappa shape index (κ1) is 20.8. The molecule has 2 aromatic carbocycles. The first-order valence-electron chi connectivity index (χ1n) is 7.96. The predicted octanol–water partition coefficient (Wildman–Crippen LogP) is 3.23. The van der Waals surface area contributed by atoms with Crippen molar-refractivity contribution in [2.75, 3.05) is 6.54 Å². The van der Waals surface area contributed by atoms with Gasteiger partial charge < -0.3 is 4.74 Å². The third-order valence-electron chi connectivity index (χ3n) is 3.60. The van der Waals surface area contributed by atoms with Gasteiger partial charge in [-0.3, -0.25) is 4.79 Å². The Morgan fingerprint density at radius 3 is 2.22 bits per heavy atom. The smallest absolute Gasteiger partial charge is 0.338 e. The minimum Gasteiger partial charge on any atom is -0.451 e. The van der Waals surface area contributed by atoms with Crippen LogP contribution in [-0.4, -0.2) is 32.8 Å². The Hall–Kier alpha value is -2.48. The maximum atomic E-state index is 12.3. The molecule has 2 aromatic rings. The van der Waals surface area contributed by atoms with E-state index in [-0.39, 0.29) is 22.8 Å². The monoisotopic (exact) mass is 407 g/mol. The van der Waals surface area contributed by atoms with Gasteiger partial charge in [-0.05, 0) is 55.5 Å². The number of carbonyl (C=O) groups is 2. The summed E-state index contributed by atoms with van der Waals surface area (Å²) in [6.45, 7) is 5.00. The van der Waals surface area contributed by atoms with E-state index in [0.717, 1.165) is 0 Å². The average Bonchev–Trinajstić information content (AvgIpc) is 2.66. The van der Waals surface area contributed by atoms with Crippen LogP contribution in [0.3, 0.4) is 0 Å². The Morgan fingerprint density at radius 1 is 1.11 bits per heavy atom. The van der Waals surface area contributed by atoms with Crippen LogP contribution in [0, 0.1) is 0 Å². The molecule has 1 atom stereocenters. The number of ether oxygens (including phenoxy) is 1. The highest BCUT2D eigenvalue weighted by molar-refractivity contribution is 7.89. The van der Waals surface area contributed by atoms with Crippen LogP contribution in [0.4, 0.5) is 0 Å². The van der Waals surface area contributed by atoms with E-state index < -0.39 is 22.1 Å². The average molecular weight is 408 g/mol. The Balaban J connectivity index is 2.06. The molecular formula is C19H18ClNO5S. The number of ketones is 1. The summed E-state index contributed by atoms with van der Waals surface area (Å²) >= 11 is 5.78. The molecule has 0 aromatic heterocycles. The van der Waals surface area contributed by atoms with Crippen LogP contribution >= 0.6 is 11.6 Å². The fraction of sp³-hybridized carbons (Fsp3) is 0.158. The number of nitrogens with one attached hydrogen (secondary N) is 1. The molecule has 142 valence electrons. The van der Waals surface area contributed by atoms with Gasteiger partial charge in [0.05, 0.1) is 10.5 Å². The molecule has 0 saturated heterocycles. The van der Waals surface area contributed by atoms with E-state index in [1.54, 1.807) is 24.3 Å². The number of sulfonamides is 1.